The Morgan fingerprint density at radius 3 is 2.74 bits per heavy atom. The number of hydrogen-bond acceptors (Lipinski definition) is 8. The van der Waals surface area contributed by atoms with Crippen LogP contribution in [0.2, 0.25) is 0 Å². The van der Waals surface area contributed by atoms with E-state index in [9.17, 15) is 19.8 Å². The van der Waals surface area contributed by atoms with E-state index in [-0.39, 0.29) is 31.1 Å². The number of carbonyl (C=O) groups is 2. The largest absolute Gasteiger partial charge is 0.465 e. The average Bonchev–Trinajstić information content (AvgIpc) is 3.42. The zero-order chi connectivity index (χ0) is 21.7. The Balaban J connectivity index is 1.55. The monoisotopic (exact) mass is 443 g/mol. The summed E-state index contributed by atoms with van der Waals surface area (Å²) in [5.74, 6) is -0.261. The summed E-state index contributed by atoms with van der Waals surface area (Å²) >= 11 is 1.46. The number of piperidine rings is 1. The van der Waals surface area contributed by atoms with Gasteiger partial charge in [0.25, 0.3) is 11.9 Å². The van der Waals surface area contributed by atoms with E-state index in [0.29, 0.717) is 35.8 Å². The number of amides is 2. The van der Waals surface area contributed by atoms with Crippen LogP contribution in [-0.4, -0.2) is 87.4 Å². The van der Waals surface area contributed by atoms with Gasteiger partial charge in [0.2, 0.25) is 0 Å². The predicted octanol–water partition coefficient (Wildman–Crippen LogP) is 1.96. The van der Waals surface area contributed by atoms with Crippen molar-refractivity contribution in [3.63, 3.8) is 0 Å². The van der Waals surface area contributed by atoms with Crippen LogP contribution in [0.3, 0.4) is 0 Å². The van der Waals surface area contributed by atoms with Gasteiger partial charge in [-0.2, -0.15) is 4.98 Å². The summed E-state index contributed by atoms with van der Waals surface area (Å²) in [6.07, 6.45) is 1.64. The van der Waals surface area contributed by atoms with Crippen molar-refractivity contribution in [3.05, 3.63) is 29.3 Å². The van der Waals surface area contributed by atoms with E-state index in [0.717, 1.165) is 17.0 Å². The molecule has 0 aliphatic carbocycles. The summed E-state index contributed by atoms with van der Waals surface area (Å²) < 4.78 is 6.15. The topological polar surface area (TPSA) is 123 Å². The molecule has 1 aromatic carbocycles. The fraction of sp³-hybridized carbons (Fsp3) is 0.400. The summed E-state index contributed by atoms with van der Waals surface area (Å²) in [7, 11) is 1.62. The molecule has 2 aromatic heterocycles. The molecule has 3 fully saturated rings. The van der Waals surface area contributed by atoms with Crippen LogP contribution in [0, 0.1) is 0 Å². The van der Waals surface area contributed by atoms with Gasteiger partial charge in [-0.15, -0.1) is 11.3 Å². The Bertz CT molecular complexity index is 1130. The third-order valence-electron chi connectivity index (χ3n) is 5.89. The quantitative estimate of drug-likeness (QED) is 0.613. The number of rotatable bonds is 5. The van der Waals surface area contributed by atoms with Crippen LogP contribution < -0.4 is 4.90 Å². The highest BCUT2D eigenvalue weighted by atomic mass is 32.1. The number of thiazole rings is 1. The van der Waals surface area contributed by atoms with Crippen molar-refractivity contribution in [2.45, 2.75) is 18.5 Å². The number of aliphatic hydroxyl groups is 1. The predicted molar refractivity (Wildman–Crippen MR) is 113 cm³/mol. The highest BCUT2D eigenvalue weighted by Gasteiger charge is 2.48. The van der Waals surface area contributed by atoms with Crippen LogP contribution in [0.5, 0.6) is 0 Å². The Hall–Kier alpha value is -3.18. The summed E-state index contributed by atoms with van der Waals surface area (Å²) in [6, 6.07) is 3.72. The zero-order valence-electron chi connectivity index (χ0n) is 16.8. The molecular weight excluding hydrogens is 422 g/mol. The third-order valence-corrected chi connectivity index (χ3v) is 6.70. The van der Waals surface area contributed by atoms with Crippen molar-refractivity contribution in [1.29, 1.82) is 0 Å². The van der Waals surface area contributed by atoms with E-state index in [1.54, 1.807) is 25.4 Å². The Morgan fingerprint density at radius 1 is 1.32 bits per heavy atom. The summed E-state index contributed by atoms with van der Waals surface area (Å²) in [5.41, 5.74) is 2.05. The number of carbonyl (C=O) groups excluding carboxylic acids is 1. The maximum Gasteiger partial charge on any atom is 0.407 e. The van der Waals surface area contributed by atoms with Gasteiger partial charge in [0.05, 0.1) is 29.8 Å². The van der Waals surface area contributed by atoms with Gasteiger partial charge in [0.1, 0.15) is 10.5 Å². The second-order valence-corrected chi connectivity index (χ2v) is 8.66. The zero-order valence-corrected chi connectivity index (χ0v) is 17.6. The lowest BCUT2D eigenvalue weighted by atomic mass is 9.88. The number of fused-ring (bicyclic) bond motifs is 3. The van der Waals surface area contributed by atoms with Crippen molar-refractivity contribution < 1.29 is 24.2 Å². The fourth-order valence-electron chi connectivity index (χ4n) is 4.36. The SMILES string of the molecule is CN(CCO)C(=O)c1ccc(-c2nccs2)c2oc(N3CC4CC(C3)N4C(=O)O)nc12. The number of anilines is 1. The molecule has 5 heterocycles. The van der Waals surface area contributed by atoms with Crippen molar-refractivity contribution in [2.24, 2.45) is 0 Å². The van der Waals surface area contributed by atoms with Gasteiger partial charge in [-0.3, -0.25) is 9.69 Å². The van der Waals surface area contributed by atoms with Crippen LogP contribution in [0.1, 0.15) is 16.8 Å². The highest BCUT2D eigenvalue weighted by Crippen LogP contribution is 2.38. The molecule has 11 heteroatoms. The Labute approximate surface area is 181 Å². The molecule has 2 bridgehead atoms. The van der Waals surface area contributed by atoms with Crippen molar-refractivity contribution >= 4 is 40.5 Å². The highest BCUT2D eigenvalue weighted by molar-refractivity contribution is 7.13. The normalized spacial score (nSPS) is 20.1. The molecule has 0 radical (unpaired) electrons. The maximum atomic E-state index is 12.9. The molecular formula is C20H21N5O5S. The molecule has 2 atom stereocenters. The van der Waals surface area contributed by atoms with Crippen molar-refractivity contribution in [3.8, 4) is 10.6 Å². The van der Waals surface area contributed by atoms with Crippen LogP contribution >= 0.6 is 11.3 Å². The number of likely N-dealkylation sites (N-methyl/N-ethyl adjacent to an activating group) is 1. The lowest BCUT2D eigenvalue weighted by Gasteiger charge is -2.54. The van der Waals surface area contributed by atoms with Gasteiger partial charge in [-0.1, -0.05) is 0 Å². The molecule has 0 spiro atoms. The van der Waals surface area contributed by atoms with Crippen molar-refractivity contribution in [1.82, 2.24) is 19.8 Å². The molecule has 31 heavy (non-hydrogen) atoms. The van der Waals surface area contributed by atoms with Crippen LogP contribution in [0.25, 0.3) is 21.7 Å². The first-order valence-corrected chi connectivity index (χ1v) is 10.8. The average molecular weight is 443 g/mol. The number of aromatic nitrogens is 2. The number of oxazole rings is 1. The standard InChI is InChI=1S/C20H21N5O5S/c1-23(5-6-26)18(27)13-2-3-14(17-21-4-7-31-17)16-15(13)22-19(30-16)24-9-11-8-12(10-24)25(11)20(28)29/h2-4,7,11-12,26H,5-6,8-10H2,1H3,(H,28,29). The van der Waals surface area contributed by atoms with Gasteiger partial charge in [0, 0.05) is 38.3 Å². The fourth-order valence-corrected chi connectivity index (χ4v) is 5.02. The molecule has 3 aromatic rings. The molecule has 6 rings (SSSR count). The van der Waals surface area contributed by atoms with Crippen LogP contribution in [0.4, 0.5) is 10.8 Å². The Kier molecular flexibility index (Phi) is 4.78. The molecule has 2 amide bonds. The van der Waals surface area contributed by atoms with E-state index in [4.69, 9.17) is 4.42 Å². The van der Waals surface area contributed by atoms with Crippen LogP contribution in [0.15, 0.2) is 28.1 Å². The minimum atomic E-state index is -0.899. The van der Waals surface area contributed by atoms with Crippen molar-refractivity contribution in [2.75, 3.05) is 38.2 Å². The Morgan fingerprint density at radius 2 is 2.10 bits per heavy atom. The number of nitrogens with zero attached hydrogens (tertiary/aromatic N) is 5. The lowest BCUT2D eigenvalue weighted by molar-refractivity contribution is 0.0101. The molecule has 2 unspecified atom stereocenters. The minimum Gasteiger partial charge on any atom is -0.465 e. The molecule has 0 saturated carbocycles. The van der Waals surface area contributed by atoms with Gasteiger partial charge in [0.15, 0.2) is 5.58 Å². The second-order valence-electron chi connectivity index (χ2n) is 7.76. The summed E-state index contributed by atoms with van der Waals surface area (Å²) in [5, 5.41) is 21.2. The van der Waals surface area contributed by atoms with Gasteiger partial charge < -0.3 is 24.4 Å². The molecule has 10 nitrogen and oxygen atoms in total. The minimum absolute atomic E-state index is 0.0820. The van der Waals surface area contributed by atoms with E-state index in [1.807, 2.05) is 10.3 Å². The molecule has 162 valence electrons. The second kappa shape index (κ2) is 7.50. The van der Waals surface area contributed by atoms with Gasteiger partial charge >= 0.3 is 6.09 Å². The molecule has 3 aliphatic heterocycles. The summed E-state index contributed by atoms with van der Waals surface area (Å²) in [4.78, 5) is 38.2. The molecule has 3 aliphatic rings. The van der Waals surface area contributed by atoms with Gasteiger partial charge in [-0.05, 0) is 18.6 Å². The van der Waals surface area contributed by atoms with E-state index in [1.165, 1.54) is 21.1 Å². The van der Waals surface area contributed by atoms with Crippen LogP contribution in [-0.2, 0) is 0 Å². The van der Waals surface area contributed by atoms with E-state index in [2.05, 4.69) is 9.97 Å². The molecule has 3 saturated heterocycles. The van der Waals surface area contributed by atoms with E-state index < -0.39 is 6.09 Å². The van der Waals surface area contributed by atoms with Gasteiger partial charge in [-0.25, -0.2) is 9.78 Å². The number of aliphatic hydroxyl groups excluding tert-OH is 1. The molecule has 2 N–H and O–H groups in total. The number of hydrogen-bond donors (Lipinski definition) is 2. The maximum absolute atomic E-state index is 12.9. The summed E-state index contributed by atoms with van der Waals surface area (Å²) in [6.45, 7) is 1.06. The number of carboxylic acid groups (broad SMARTS) is 1. The number of piperazine rings is 1. The first kappa shape index (κ1) is 19.8. The number of benzene rings is 1. The smallest absolute Gasteiger partial charge is 0.407 e. The van der Waals surface area contributed by atoms with E-state index >= 15 is 0 Å². The lowest BCUT2D eigenvalue weighted by Crippen LogP contribution is -2.70. The first-order valence-electron chi connectivity index (χ1n) is 9.94. The third kappa shape index (κ3) is 3.20. The first-order chi connectivity index (χ1) is 15.0.